The number of nitrogens with zero attached hydrogens (tertiary/aromatic N) is 1. The lowest BCUT2D eigenvalue weighted by molar-refractivity contribution is -0.147. The van der Waals surface area contributed by atoms with Crippen molar-refractivity contribution in [2.75, 3.05) is 52.7 Å². The average molecular weight is 572 g/mol. The first-order chi connectivity index (χ1) is 18.7. The molecule has 0 spiro atoms. The van der Waals surface area contributed by atoms with E-state index in [2.05, 4.69) is 24.5 Å². The van der Waals surface area contributed by atoms with Gasteiger partial charge in [0.05, 0.1) is 45.6 Å². The highest BCUT2D eigenvalue weighted by atomic mass is 16.5. The molecule has 40 heavy (non-hydrogen) atoms. The summed E-state index contributed by atoms with van der Waals surface area (Å²) in [6.45, 7) is 17.8. The third-order valence-corrected chi connectivity index (χ3v) is 6.41. The molecule has 2 amide bonds. The minimum atomic E-state index is -0.890. The van der Waals surface area contributed by atoms with Crippen LogP contribution in [0.2, 0.25) is 0 Å². The maximum Gasteiger partial charge on any atom is 0.302 e. The van der Waals surface area contributed by atoms with Gasteiger partial charge in [0, 0.05) is 32.4 Å². The van der Waals surface area contributed by atoms with Crippen molar-refractivity contribution < 1.29 is 38.1 Å². The molecular formula is C29H53N3O8. The van der Waals surface area contributed by atoms with Gasteiger partial charge < -0.3 is 34.5 Å². The minimum absolute atomic E-state index is 0.0587. The van der Waals surface area contributed by atoms with Gasteiger partial charge in [-0.05, 0) is 17.8 Å². The smallest absolute Gasteiger partial charge is 0.302 e. The zero-order valence-electron chi connectivity index (χ0n) is 25.9. The molecule has 0 radical (unpaired) electrons. The Labute approximate surface area is 240 Å². The van der Waals surface area contributed by atoms with E-state index in [0.29, 0.717) is 51.2 Å². The fraction of sp³-hybridized carbons (Fsp3) is 0.862. The van der Waals surface area contributed by atoms with Gasteiger partial charge in [-0.3, -0.25) is 19.2 Å². The van der Waals surface area contributed by atoms with Gasteiger partial charge in [-0.2, -0.15) is 0 Å². The third-order valence-electron chi connectivity index (χ3n) is 6.41. The largest absolute Gasteiger partial charge is 0.461 e. The van der Waals surface area contributed by atoms with Crippen molar-refractivity contribution in [2.24, 2.45) is 11.3 Å². The van der Waals surface area contributed by atoms with Crippen molar-refractivity contribution in [1.82, 2.24) is 15.5 Å². The first-order valence-corrected chi connectivity index (χ1v) is 14.5. The van der Waals surface area contributed by atoms with Crippen LogP contribution in [0.4, 0.5) is 0 Å². The predicted molar refractivity (Wildman–Crippen MR) is 152 cm³/mol. The van der Waals surface area contributed by atoms with E-state index in [9.17, 15) is 19.2 Å². The first-order valence-electron chi connectivity index (χ1n) is 14.5. The molecule has 1 fully saturated rings. The number of carbonyl (C=O) groups excluding carboxylic acids is 4. The number of carbonyl (C=O) groups is 4. The lowest BCUT2D eigenvalue weighted by atomic mass is 9.85. The molecule has 232 valence electrons. The summed E-state index contributed by atoms with van der Waals surface area (Å²) in [4.78, 5) is 52.5. The third kappa shape index (κ3) is 14.5. The van der Waals surface area contributed by atoms with Crippen molar-refractivity contribution in [1.29, 1.82) is 0 Å². The van der Waals surface area contributed by atoms with Gasteiger partial charge in [0.15, 0.2) is 5.78 Å². The molecule has 1 aliphatic rings. The second-order valence-corrected chi connectivity index (χ2v) is 12.1. The summed E-state index contributed by atoms with van der Waals surface area (Å²) in [5.41, 5.74) is -0.633. The van der Waals surface area contributed by atoms with E-state index in [4.69, 9.17) is 18.9 Å². The lowest BCUT2D eigenvalue weighted by Gasteiger charge is -2.35. The van der Waals surface area contributed by atoms with E-state index >= 15 is 0 Å². The topological polar surface area (TPSA) is 132 Å². The van der Waals surface area contributed by atoms with E-state index in [1.807, 2.05) is 34.6 Å². The molecule has 0 aromatic heterocycles. The van der Waals surface area contributed by atoms with Crippen LogP contribution in [-0.2, 0) is 38.1 Å². The zero-order chi connectivity index (χ0) is 30.3. The number of nitrogens with one attached hydrogen (secondary N) is 2. The van der Waals surface area contributed by atoms with Crippen molar-refractivity contribution in [2.45, 2.75) is 98.9 Å². The van der Waals surface area contributed by atoms with Crippen molar-refractivity contribution in [3.63, 3.8) is 0 Å². The van der Waals surface area contributed by atoms with E-state index in [0.717, 1.165) is 6.54 Å². The van der Waals surface area contributed by atoms with Crippen LogP contribution < -0.4 is 10.6 Å². The number of hydrogen-bond donors (Lipinski definition) is 2. The van der Waals surface area contributed by atoms with Crippen LogP contribution in [0.15, 0.2) is 0 Å². The highest BCUT2D eigenvalue weighted by molar-refractivity contribution is 5.94. The Kier molecular flexibility index (Phi) is 16.5. The highest BCUT2D eigenvalue weighted by Gasteiger charge is 2.45. The van der Waals surface area contributed by atoms with Crippen molar-refractivity contribution >= 4 is 23.6 Å². The molecule has 3 unspecified atom stereocenters. The summed E-state index contributed by atoms with van der Waals surface area (Å²) < 4.78 is 21.7. The van der Waals surface area contributed by atoms with Crippen molar-refractivity contribution in [3.8, 4) is 0 Å². The summed E-state index contributed by atoms with van der Waals surface area (Å²) in [6, 6.07) is -1.16. The Balaban J connectivity index is 2.60. The van der Waals surface area contributed by atoms with Gasteiger partial charge >= 0.3 is 5.97 Å². The molecule has 1 heterocycles. The number of hydrogen-bond acceptors (Lipinski definition) is 9. The molecule has 0 aliphatic carbocycles. The molecule has 1 rings (SSSR count). The number of likely N-dealkylation sites (tertiary alicyclic amines) is 1. The first kappa shape index (κ1) is 35.9. The molecule has 1 saturated heterocycles. The molecular weight excluding hydrogens is 518 g/mol. The summed E-state index contributed by atoms with van der Waals surface area (Å²) in [6.07, 6.45) is 0.744. The Bertz CT molecular complexity index is 797. The minimum Gasteiger partial charge on any atom is -0.461 e. The van der Waals surface area contributed by atoms with E-state index in [1.54, 1.807) is 0 Å². The average Bonchev–Trinajstić information content (AvgIpc) is 3.26. The fourth-order valence-corrected chi connectivity index (χ4v) is 4.31. The van der Waals surface area contributed by atoms with E-state index < -0.39 is 35.5 Å². The lowest BCUT2D eigenvalue weighted by Crippen LogP contribution is -2.57. The number of rotatable bonds is 19. The van der Waals surface area contributed by atoms with Crippen LogP contribution in [0, 0.1) is 11.3 Å². The highest BCUT2D eigenvalue weighted by Crippen LogP contribution is 2.28. The Hall–Kier alpha value is -2.08. The summed E-state index contributed by atoms with van der Waals surface area (Å²) in [5, 5.41) is 6.06. The van der Waals surface area contributed by atoms with Crippen LogP contribution in [0.25, 0.3) is 0 Å². The second kappa shape index (κ2) is 18.4. The van der Waals surface area contributed by atoms with Gasteiger partial charge in [0.25, 0.3) is 0 Å². The van der Waals surface area contributed by atoms with Crippen molar-refractivity contribution in [3.05, 3.63) is 0 Å². The second-order valence-electron chi connectivity index (χ2n) is 12.1. The fourth-order valence-electron chi connectivity index (χ4n) is 4.31. The normalized spacial score (nSPS) is 18.3. The SMILES string of the molecule is CC(=O)OC1CC(C(=O)CCC(C)C)N(C(=O)C(NC(=O)COCCOCCOCCNC(C)C)C(C)(C)C)C1. The van der Waals surface area contributed by atoms with Crippen LogP contribution in [-0.4, -0.2) is 105 Å². The number of esters is 1. The zero-order valence-corrected chi connectivity index (χ0v) is 25.9. The predicted octanol–water partition coefficient (Wildman–Crippen LogP) is 2.10. The molecule has 1 aliphatic heterocycles. The number of amides is 2. The van der Waals surface area contributed by atoms with E-state index in [1.165, 1.54) is 11.8 Å². The summed E-state index contributed by atoms with van der Waals surface area (Å²) in [5.74, 6) is -0.980. The Morgan fingerprint density at radius 1 is 0.925 bits per heavy atom. The molecule has 2 N–H and O–H groups in total. The number of ketones is 1. The van der Waals surface area contributed by atoms with Gasteiger partial charge in [-0.15, -0.1) is 0 Å². The standard InChI is InChI=1S/C29H53N3O8/c1-20(2)9-10-25(34)24-17-23(40-22(5)33)18-32(24)28(36)27(29(6,7)8)31-26(35)19-39-16-15-38-14-13-37-12-11-30-21(3)4/h20-21,23-24,27,30H,9-19H2,1-8H3,(H,31,35). The number of ether oxygens (including phenoxy) is 4. The molecule has 0 aromatic carbocycles. The van der Waals surface area contributed by atoms with Crippen LogP contribution in [0.1, 0.15) is 74.7 Å². The van der Waals surface area contributed by atoms with E-state index in [-0.39, 0.29) is 37.9 Å². The molecule has 0 bridgehead atoms. The molecule has 11 heteroatoms. The van der Waals surface area contributed by atoms with Crippen LogP contribution >= 0.6 is 0 Å². The summed E-state index contributed by atoms with van der Waals surface area (Å²) >= 11 is 0. The Morgan fingerprint density at radius 3 is 2.08 bits per heavy atom. The molecule has 11 nitrogen and oxygen atoms in total. The quantitative estimate of drug-likeness (QED) is 0.177. The van der Waals surface area contributed by atoms with Crippen LogP contribution in [0.5, 0.6) is 0 Å². The molecule has 0 saturated carbocycles. The maximum atomic E-state index is 13.7. The molecule has 0 aromatic rings. The van der Waals surface area contributed by atoms with Gasteiger partial charge in [-0.1, -0.05) is 48.5 Å². The monoisotopic (exact) mass is 571 g/mol. The van der Waals surface area contributed by atoms with Gasteiger partial charge in [0.2, 0.25) is 11.8 Å². The van der Waals surface area contributed by atoms with Crippen LogP contribution in [0.3, 0.4) is 0 Å². The maximum absolute atomic E-state index is 13.7. The Morgan fingerprint density at radius 2 is 1.52 bits per heavy atom. The molecule has 3 atom stereocenters. The van der Waals surface area contributed by atoms with Gasteiger partial charge in [0.1, 0.15) is 18.8 Å². The number of Topliss-reactive ketones (excluding diaryl/α,β-unsaturated/α-hetero) is 1. The van der Waals surface area contributed by atoms with Gasteiger partial charge in [-0.25, -0.2) is 0 Å². The summed E-state index contributed by atoms with van der Waals surface area (Å²) in [7, 11) is 0.